The summed E-state index contributed by atoms with van der Waals surface area (Å²) in [5.74, 6) is -1.31. The number of hydrogen-bond donors (Lipinski definition) is 1. The molecule has 0 bridgehead atoms. The van der Waals surface area contributed by atoms with Crippen molar-refractivity contribution in [1.82, 2.24) is 10.0 Å². The summed E-state index contributed by atoms with van der Waals surface area (Å²) in [6.45, 7) is 0. The Kier molecular flexibility index (Phi) is 3.77. The van der Waals surface area contributed by atoms with Gasteiger partial charge in [-0.1, -0.05) is 12.1 Å². The quantitative estimate of drug-likeness (QED) is 0.877. The molecule has 19 heavy (non-hydrogen) atoms. The fourth-order valence-corrected chi connectivity index (χ4v) is 2.35. The minimum absolute atomic E-state index is 0.0450. The maximum atomic E-state index is 13.1. The van der Waals surface area contributed by atoms with Crippen molar-refractivity contribution in [1.29, 1.82) is 0 Å². The second kappa shape index (κ2) is 5.33. The molecular weight excluding hydrogens is 271 g/mol. The van der Waals surface area contributed by atoms with Crippen LogP contribution in [0.1, 0.15) is 9.67 Å². The lowest BCUT2D eigenvalue weighted by atomic mass is 10.2. The van der Waals surface area contributed by atoms with Crippen molar-refractivity contribution in [3.05, 3.63) is 35.0 Å². The number of rotatable bonds is 3. The average molecular weight is 282 g/mol. The van der Waals surface area contributed by atoms with Gasteiger partial charge in [-0.3, -0.25) is 9.63 Å². The van der Waals surface area contributed by atoms with Gasteiger partial charge in [0.05, 0.1) is 7.11 Å². The van der Waals surface area contributed by atoms with Crippen molar-refractivity contribution < 1.29 is 19.1 Å². The standard InChI is InChI=1S/C12H11FN2O3S/c1-15(18-2)12(17)9-10(16)14-11(19-9)7-4-3-5-8(13)6-7/h3-6,16H,1-2H3. The largest absolute Gasteiger partial charge is 0.492 e. The van der Waals surface area contributed by atoms with Crippen LogP contribution in [0.4, 0.5) is 4.39 Å². The molecule has 0 unspecified atom stereocenters. The van der Waals surface area contributed by atoms with E-state index in [-0.39, 0.29) is 4.88 Å². The first-order valence-corrected chi connectivity index (χ1v) is 6.12. The average Bonchev–Trinajstić information content (AvgIpc) is 2.79. The number of hydrogen-bond acceptors (Lipinski definition) is 5. The molecule has 2 rings (SSSR count). The van der Waals surface area contributed by atoms with Gasteiger partial charge in [-0.05, 0) is 12.1 Å². The Balaban J connectivity index is 2.39. The van der Waals surface area contributed by atoms with E-state index in [4.69, 9.17) is 4.84 Å². The predicted molar refractivity (Wildman–Crippen MR) is 68.3 cm³/mol. The zero-order valence-corrected chi connectivity index (χ0v) is 11.1. The van der Waals surface area contributed by atoms with Gasteiger partial charge < -0.3 is 5.11 Å². The molecule has 1 aromatic carbocycles. The third-order valence-electron chi connectivity index (χ3n) is 2.43. The van der Waals surface area contributed by atoms with Crippen molar-refractivity contribution in [2.75, 3.05) is 14.2 Å². The van der Waals surface area contributed by atoms with Crippen LogP contribution in [0.5, 0.6) is 5.88 Å². The number of benzene rings is 1. The minimum Gasteiger partial charge on any atom is -0.492 e. The van der Waals surface area contributed by atoms with Crippen LogP contribution in [0.25, 0.3) is 10.6 Å². The maximum Gasteiger partial charge on any atom is 0.292 e. The van der Waals surface area contributed by atoms with E-state index in [1.807, 2.05) is 0 Å². The van der Waals surface area contributed by atoms with Crippen molar-refractivity contribution in [2.24, 2.45) is 0 Å². The predicted octanol–water partition coefficient (Wildman–Crippen LogP) is 2.29. The summed E-state index contributed by atoms with van der Waals surface area (Å²) in [5.41, 5.74) is 0.499. The summed E-state index contributed by atoms with van der Waals surface area (Å²) >= 11 is 0.974. The normalized spacial score (nSPS) is 10.5. The number of hydroxylamine groups is 2. The summed E-state index contributed by atoms with van der Waals surface area (Å²) in [6.07, 6.45) is 0. The fraction of sp³-hybridized carbons (Fsp3) is 0.167. The van der Waals surface area contributed by atoms with E-state index in [2.05, 4.69) is 4.98 Å². The highest BCUT2D eigenvalue weighted by atomic mass is 32.1. The van der Waals surface area contributed by atoms with E-state index < -0.39 is 17.6 Å². The molecule has 0 aliphatic heterocycles. The molecule has 0 spiro atoms. The van der Waals surface area contributed by atoms with Crippen molar-refractivity contribution >= 4 is 17.2 Å². The number of amides is 1. The van der Waals surface area contributed by atoms with Gasteiger partial charge in [-0.25, -0.2) is 14.4 Å². The Labute approximate surface area is 112 Å². The number of carbonyl (C=O) groups excluding carboxylic acids is 1. The highest BCUT2D eigenvalue weighted by Crippen LogP contribution is 2.32. The Bertz CT molecular complexity index is 615. The first-order chi connectivity index (χ1) is 9.02. The highest BCUT2D eigenvalue weighted by molar-refractivity contribution is 7.17. The van der Waals surface area contributed by atoms with Crippen molar-refractivity contribution in [2.45, 2.75) is 0 Å². The SMILES string of the molecule is CON(C)C(=O)c1sc(-c2cccc(F)c2)nc1O. The molecular formula is C12H11FN2O3S. The molecule has 0 aliphatic rings. The fourth-order valence-electron chi connectivity index (χ4n) is 1.42. The number of aromatic nitrogens is 1. The van der Waals surface area contributed by atoms with Crippen LogP contribution in [0, 0.1) is 5.82 Å². The number of thiazole rings is 1. The smallest absolute Gasteiger partial charge is 0.292 e. The summed E-state index contributed by atoms with van der Waals surface area (Å²) < 4.78 is 13.1. The number of aromatic hydroxyl groups is 1. The van der Waals surface area contributed by atoms with Gasteiger partial charge in [0.1, 0.15) is 10.8 Å². The summed E-state index contributed by atoms with van der Waals surface area (Å²) in [6, 6.07) is 5.77. The van der Waals surface area contributed by atoms with E-state index in [0.29, 0.717) is 10.6 Å². The van der Waals surface area contributed by atoms with Crippen LogP contribution in [-0.4, -0.2) is 35.2 Å². The Morgan fingerprint density at radius 3 is 2.89 bits per heavy atom. The van der Waals surface area contributed by atoms with Gasteiger partial charge in [0, 0.05) is 12.6 Å². The molecule has 1 heterocycles. The topological polar surface area (TPSA) is 62.7 Å². The summed E-state index contributed by atoms with van der Waals surface area (Å²) in [4.78, 5) is 20.5. The third kappa shape index (κ3) is 2.72. The molecule has 0 saturated heterocycles. The molecule has 2 aromatic rings. The molecule has 100 valence electrons. The van der Waals surface area contributed by atoms with Gasteiger partial charge >= 0.3 is 0 Å². The second-order valence-corrected chi connectivity index (χ2v) is 4.67. The summed E-state index contributed by atoms with van der Waals surface area (Å²) in [7, 11) is 2.76. The maximum absolute atomic E-state index is 13.1. The van der Waals surface area contributed by atoms with Crippen molar-refractivity contribution in [3.8, 4) is 16.5 Å². The summed E-state index contributed by atoms with van der Waals surface area (Å²) in [5, 5.41) is 11.0. The third-order valence-corrected chi connectivity index (χ3v) is 3.52. The van der Waals surface area contributed by atoms with E-state index in [0.717, 1.165) is 16.4 Å². The molecule has 7 heteroatoms. The first kappa shape index (κ1) is 13.4. The van der Waals surface area contributed by atoms with Gasteiger partial charge in [0.2, 0.25) is 5.88 Å². The molecule has 1 amide bonds. The van der Waals surface area contributed by atoms with Crippen LogP contribution >= 0.6 is 11.3 Å². The Morgan fingerprint density at radius 2 is 2.26 bits per heavy atom. The van der Waals surface area contributed by atoms with Crippen molar-refractivity contribution in [3.63, 3.8) is 0 Å². The molecule has 0 atom stereocenters. The van der Waals surface area contributed by atoms with Gasteiger partial charge in [-0.15, -0.1) is 11.3 Å². The van der Waals surface area contributed by atoms with Crippen LogP contribution in [0.2, 0.25) is 0 Å². The zero-order valence-electron chi connectivity index (χ0n) is 10.3. The van der Waals surface area contributed by atoms with Crippen LogP contribution in [-0.2, 0) is 4.84 Å². The van der Waals surface area contributed by atoms with Crippen LogP contribution in [0.15, 0.2) is 24.3 Å². The molecule has 0 saturated carbocycles. The minimum atomic E-state index is -0.514. The van der Waals surface area contributed by atoms with E-state index in [1.54, 1.807) is 6.07 Å². The monoisotopic (exact) mass is 282 g/mol. The molecule has 0 aliphatic carbocycles. The van der Waals surface area contributed by atoms with E-state index in [1.165, 1.54) is 32.4 Å². The Morgan fingerprint density at radius 1 is 1.53 bits per heavy atom. The lowest BCUT2D eigenvalue weighted by Crippen LogP contribution is -2.24. The van der Waals surface area contributed by atoms with Gasteiger partial charge in [0.25, 0.3) is 5.91 Å². The highest BCUT2D eigenvalue weighted by Gasteiger charge is 2.21. The van der Waals surface area contributed by atoms with E-state index >= 15 is 0 Å². The molecule has 0 radical (unpaired) electrons. The molecule has 0 fully saturated rings. The first-order valence-electron chi connectivity index (χ1n) is 5.31. The molecule has 1 N–H and O–H groups in total. The Hall–Kier alpha value is -1.99. The zero-order chi connectivity index (χ0) is 14.0. The lowest BCUT2D eigenvalue weighted by Gasteiger charge is -2.11. The van der Waals surface area contributed by atoms with Crippen LogP contribution in [0.3, 0.4) is 0 Å². The molecule has 5 nitrogen and oxygen atoms in total. The van der Waals surface area contributed by atoms with Crippen LogP contribution < -0.4 is 0 Å². The van der Waals surface area contributed by atoms with Gasteiger partial charge in [-0.2, -0.15) is 0 Å². The lowest BCUT2D eigenvalue weighted by molar-refractivity contribution is -0.0755. The number of nitrogens with zero attached hydrogens (tertiary/aromatic N) is 2. The number of halogens is 1. The number of carbonyl (C=O) groups is 1. The second-order valence-electron chi connectivity index (χ2n) is 3.67. The van der Waals surface area contributed by atoms with E-state index in [9.17, 15) is 14.3 Å². The molecule has 1 aromatic heterocycles. The van der Waals surface area contributed by atoms with Gasteiger partial charge in [0.15, 0.2) is 4.88 Å².